The summed E-state index contributed by atoms with van der Waals surface area (Å²) in [6.45, 7) is 7.29. The smallest absolute Gasteiger partial charge is 0.341 e. The Bertz CT molecular complexity index is 1240. The van der Waals surface area contributed by atoms with Gasteiger partial charge in [-0.3, -0.25) is 4.79 Å². The Morgan fingerprint density at radius 1 is 1.08 bits per heavy atom. The number of hydrogen-bond acceptors (Lipinski definition) is 6. The molecule has 2 aromatic rings. The second-order valence-electron chi connectivity index (χ2n) is 9.27. The summed E-state index contributed by atoms with van der Waals surface area (Å²) in [6, 6.07) is 6.58. The van der Waals surface area contributed by atoms with Crippen molar-refractivity contribution in [2.75, 3.05) is 50.8 Å². The van der Waals surface area contributed by atoms with E-state index < -0.39 is 21.9 Å². The second-order valence-corrected chi connectivity index (χ2v) is 11.1. The molecular formula is C25H33FN4O5S. The Hall–Kier alpha value is -2.92. The minimum absolute atomic E-state index is 0.0204. The van der Waals surface area contributed by atoms with Crippen LogP contribution >= 0.6 is 0 Å². The summed E-state index contributed by atoms with van der Waals surface area (Å²) in [5, 5.41) is 0. The zero-order valence-corrected chi connectivity index (χ0v) is 21.7. The quantitative estimate of drug-likeness (QED) is 0.588. The molecule has 4 rings (SSSR count). The molecule has 1 amide bonds. The lowest BCUT2D eigenvalue weighted by Crippen LogP contribution is -2.53. The molecule has 0 aliphatic carbocycles. The highest BCUT2D eigenvalue weighted by atomic mass is 32.2. The molecule has 1 atom stereocenters. The summed E-state index contributed by atoms with van der Waals surface area (Å²) in [4.78, 5) is 32.4. The molecule has 196 valence electrons. The van der Waals surface area contributed by atoms with E-state index in [1.807, 2.05) is 4.90 Å². The van der Waals surface area contributed by atoms with Crippen LogP contribution < -0.4 is 4.90 Å². The number of aromatic amines is 1. The van der Waals surface area contributed by atoms with Crippen LogP contribution in [0.3, 0.4) is 0 Å². The van der Waals surface area contributed by atoms with Gasteiger partial charge in [0, 0.05) is 50.7 Å². The van der Waals surface area contributed by atoms with E-state index in [2.05, 4.69) is 4.98 Å². The van der Waals surface area contributed by atoms with Gasteiger partial charge in [0.05, 0.1) is 18.2 Å². The maximum absolute atomic E-state index is 14.2. The van der Waals surface area contributed by atoms with Crippen molar-refractivity contribution in [1.82, 2.24) is 14.2 Å². The minimum atomic E-state index is -4.03. The van der Waals surface area contributed by atoms with Gasteiger partial charge in [0.1, 0.15) is 16.3 Å². The normalized spacial score (nSPS) is 19.4. The average Bonchev–Trinajstić information content (AvgIpc) is 3.18. The van der Waals surface area contributed by atoms with Crippen molar-refractivity contribution >= 4 is 27.6 Å². The number of esters is 1. The Labute approximate surface area is 211 Å². The highest BCUT2D eigenvalue weighted by molar-refractivity contribution is 7.89. The van der Waals surface area contributed by atoms with Crippen LogP contribution in [-0.4, -0.2) is 80.4 Å². The Kier molecular flexibility index (Phi) is 7.70. The zero-order chi connectivity index (χ0) is 26.0. The first kappa shape index (κ1) is 26.2. The SMILES string of the molecule is CCOC(=O)c1c(C)[nH]c(C)c1S(=O)(=O)N1CCC[C@@H](C(=O)N2CCN(c3ccccc3F)CC2)C1. The highest BCUT2D eigenvalue weighted by Gasteiger charge is 2.39. The largest absolute Gasteiger partial charge is 0.462 e. The number of amides is 1. The van der Waals surface area contributed by atoms with Crippen molar-refractivity contribution in [3.05, 3.63) is 47.0 Å². The molecule has 2 saturated heterocycles. The van der Waals surface area contributed by atoms with Gasteiger partial charge in [0.25, 0.3) is 0 Å². The third-order valence-electron chi connectivity index (χ3n) is 6.91. The molecule has 3 heterocycles. The second kappa shape index (κ2) is 10.6. The number of nitrogens with zero attached hydrogens (tertiary/aromatic N) is 3. The molecular weight excluding hydrogens is 487 g/mol. The first-order valence-electron chi connectivity index (χ1n) is 12.3. The number of anilines is 1. The molecule has 0 unspecified atom stereocenters. The van der Waals surface area contributed by atoms with Crippen LogP contribution in [0, 0.1) is 25.6 Å². The van der Waals surface area contributed by atoms with E-state index in [9.17, 15) is 22.4 Å². The van der Waals surface area contributed by atoms with Crippen LogP contribution in [0.1, 0.15) is 41.5 Å². The van der Waals surface area contributed by atoms with Gasteiger partial charge in [-0.2, -0.15) is 4.31 Å². The Morgan fingerprint density at radius 2 is 1.78 bits per heavy atom. The monoisotopic (exact) mass is 520 g/mol. The number of halogens is 1. The van der Waals surface area contributed by atoms with Crippen LogP contribution in [0.15, 0.2) is 29.2 Å². The average molecular weight is 521 g/mol. The van der Waals surface area contributed by atoms with E-state index in [4.69, 9.17) is 4.74 Å². The third kappa shape index (κ3) is 4.99. The van der Waals surface area contributed by atoms with Crippen molar-refractivity contribution in [2.45, 2.75) is 38.5 Å². The van der Waals surface area contributed by atoms with Gasteiger partial charge < -0.3 is 19.5 Å². The van der Waals surface area contributed by atoms with Gasteiger partial charge in [-0.1, -0.05) is 12.1 Å². The number of piperidine rings is 1. The standard InChI is InChI=1S/C25H33FN4O5S/c1-4-35-25(32)22-17(2)27-18(3)23(22)36(33,34)30-11-7-8-19(16-30)24(31)29-14-12-28(13-15-29)21-10-6-5-9-20(21)26/h5-6,9-10,19,27H,4,7-8,11-16H2,1-3H3/t19-/m1/s1. The number of benzene rings is 1. The number of ether oxygens (including phenoxy) is 1. The molecule has 0 bridgehead atoms. The zero-order valence-electron chi connectivity index (χ0n) is 20.9. The van der Waals surface area contributed by atoms with E-state index in [-0.39, 0.29) is 41.9 Å². The summed E-state index contributed by atoms with van der Waals surface area (Å²) < 4.78 is 47.9. The summed E-state index contributed by atoms with van der Waals surface area (Å²) >= 11 is 0. The minimum Gasteiger partial charge on any atom is -0.462 e. The summed E-state index contributed by atoms with van der Waals surface area (Å²) in [5.74, 6) is -1.53. The molecule has 2 aliphatic rings. The number of carbonyl (C=O) groups excluding carboxylic acids is 2. The number of aromatic nitrogens is 1. The molecule has 1 N–H and O–H groups in total. The van der Waals surface area contributed by atoms with Crippen LogP contribution in [0.5, 0.6) is 0 Å². The topological polar surface area (TPSA) is 103 Å². The van der Waals surface area contributed by atoms with Gasteiger partial charge in [0.15, 0.2) is 0 Å². The van der Waals surface area contributed by atoms with Gasteiger partial charge in [-0.25, -0.2) is 17.6 Å². The fraction of sp³-hybridized carbons (Fsp3) is 0.520. The lowest BCUT2D eigenvalue weighted by molar-refractivity contribution is -0.137. The lowest BCUT2D eigenvalue weighted by atomic mass is 9.97. The molecule has 11 heteroatoms. The molecule has 0 radical (unpaired) electrons. The fourth-order valence-corrected chi connectivity index (χ4v) is 7.09. The Morgan fingerprint density at radius 3 is 2.44 bits per heavy atom. The van der Waals surface area contributed by atoms with E-state index in [0.717, 1.165) is 0 Å². The van der Waals surface area contributed by atoms with Gasteiger partial charge in [-0.05, 0) is 45.7 Å². The first-order chi connectivity index (χ1) is 17.1. The summed E-state index contributed by atoms with van der Waals surface area (Å²) in [5.41, 5.74) is 1.34. The van der Waals surface area contributed by atoms with Crippen molar-refractivity contribution in [2.24, 2.45) is 5.92 Å². The maximum atomic E-state index is 14.2. The van der Waals surface area contributed by atoms with Crippen LogP contribution in [0.2, 0.25) is 0 Å². The molecule has 1 aromatic heterocycles. The number of sulfonamides is 1. The number of para-hydroxylation sites is 1. The van der Waals surface area contributed by atoms with Gasteiger partial charge in [-0.15, -0.1) is 0 Å². The van der Waals surface area contributed by atoms with E-state index in [0.29, 0.717) is 56.1 Å². The number of piperazine rings is 1. The summed E-state index contributed by atoms with van der Waals surface area (Å²) in [7, 11) is -4.03. The van der Waals surface area contributed by atoms with Crippen molar-refractivity contribution in [3.8, 4) is 0 Å². The number of carbonyl (C=O) groups is 2. The molecule has 9 nitrogen and oxygen atoms in total. The highest BCUT2D eigenvalue weighted by Crippen LogP contribution is 2.31. The predicted octanol–water partition coefficient (Wildman–Crippen LogP) is 2.70. The van der Waals surface area contributed by atoms with E-state index in [1.165, 1.54) is 10.4 Å². The van der Waals surface area contributed by atoms with Crippen molar-refractivity contribution in [3.63, 3.8) is 0 Å². The summed E-state index contributed by atoms with van der Waals surface area (Å²) in [6.07, 6.45) is 1.14. The third-order valence-corrected chi connectivity index (χ3v) is 8.95. The number of rotatable bonds is 6. The van der Waals surface area contributed by atoms with E-state index >= 15 is 0 Å². The molecule has 2 fully saturated rings. The lowest BCUT2D eigenvalue weighted by Gasteiger charge is -2.39. The van der Waals surface area contributed by atoms with E-state index in [1.54, 1.807) is 43.9 Å². The van der Waals surface area contributed by atoms with Crippen molar-refractivity contribution < 1.29 is 27.1 Å². The molecule has 36 heavy (non-hydrogen) atoms. The molecule has 0 saturated carbocycles. The molecule has 1 aromatic carbocycles. The van der Waals surface area contributed by atoms with Crippen molar-refractivity contribution in [1.29, 1.82) is 0 Å². The molecule has 2 aliphatic heterocycles. The number of H-pyrrole nitrogens is 1. The molecule has 0 spiro atoms. The fourth-order valence-electron chi connectivity index (χ4n) is 5.16. The van der Waals surface area contributed by atoms with Gasteiger partial charge >= 0.3 is 5.97 Å². The number of aryl methyl sites for hydroxylation is 2. The van der Waals surface area contributed by atoms with Crippen LogP contribution in [0.4, 0.5) is 10.1 Å². The first-order valence-corrected chi connectivity index (χ1v) is 13.7. The number of nitrogens with one attached hydrogen (secondary N) is 1. The maximum Gasteiger partial charge on any atom is 0.341 e. The predicted molar refractivity (Wildman–Crippen MR) is 133 cm³/mol. The van der Waals surface area contributed by atoms with Crippen LogP contribution in [-0.2, 0) is 19.6 Å². The van der Waals surface area contributed by atoms with Gasteiger partial charge in [0.2, 0.25) is 15.9 Å². The van der Waals surface area contributed by atoms with Crippen LogP contribution in [0.25, 0.3) is 0 Å². The Balaban J connectivity index is 1.47. The number of hydrogen-bond donors (Lipinski definition) is 1.